The molecule has 0 spiro atoms. The summed E-state index contributed by atoms with van der Waals surface area (Å²) < 4.78 is 34.6. The number of carbonyl (C=O) groups excluding carboxylic acids is 2. The molecule has 2 aromatic heterocycles. The minimum atomic E-state index is -3.24. The number of rotatable bonds is 9. The molecule has 8 nitrogen and oxygen atoms in total. The molecule has 26 heavy (non-hydrogen) atoms. The molecule has 0 unspecified atom stereocenters. The van der Waals surface area contributed by atoms with Crippen molar-refractivity contribution in [2.75, 3.05) is 19.4 Å². The molecule has 1 atom stereocenters. The average molecular weight is 400 g/mol. The van der Waals surface area contributed by atoms with Crippen LogP contribution in [-0.2, 0) is 26.0 Å². The van der Waals surface area contributed by atoms with Crippen LogP contribution in [0.1, 0.15) is 33.3 Å². The molecule has 0 aromatic carbocycles. The lowest BCUT2D eigenvalue weighted by Crippen LogP contribution is -2.30. The second-order valence-corrected chi connectivity index (χ2v) is 8.56. The Bertz CT molecular complexity index is 842. The first-order chi connectivity index (χ1) is 12.2. The number of hydrogen-bond donors (Lipinski definition) is 2. The van der Waals surface area contributed by atoms with Gasteiger partial charge in [0.25, 0.3) is 5.91 Å². The molecule has 0 aliphatic heterocycles. The zero-order chi connectivity index (χ0) is 19.2. The van der Waals surface area contributed by atoms with Crippen LogP contribution in [-0.4, -0.2) is 39.7 Å². The fourth-order valence-electron chi connectivity index (χ4n) is 2.08. The van der Waals surface area contributed by atoms with Crippen molar-refractivity contribution in [2.45, 2.75) is 19.4 Å². The molecule has 0 aliphatic carbocycles. The lowest BCUT2D eigenvalue weighted by Gasteiger charge is -2.11. The van der Waals surface area contributed by atoms with E-state index in [1.54, 1.807) is 31.2 Å². The minimum Gasteiger partial charge on any atom is -0.467 e. The summed E-state index contributed by atoms with van der Waals surface area (Å²) in [5, 5.41) is 2.66. The highest BCUT2D eigenvalue weighted by Crippen LogP contribution is 2.18. The molecule has 0 bridgehead atoms. The first-order valence-corrected chi connectivity index (χ1v) is 10.5. The number of furan rings is 1. The smallest absolute Gasteiger partial charge is 0.348 e. The quantitative estimate of drug-likeness (QED) is 0.616. The van der Waals surface area contributed by atoms with E-state index < -0.39 is 28.5 Å². The molecule has 0 radical (unpaired) electrons. The summed E-state index contributed by atoms with van der Waals surface area (Å²) in [6.07, 6.45) is 3.06. The Morgan fingerprint density at radius 3 is 2.73 bits per heavy atom. The number of ether oxygens (including phenoxy) is 1. The van der Waals surface area contributed by atoms with Gasteiger partial charge in [-0.05, 0) is 37.6 Å². The second-order valence-electron chi connectivity index (χ2n) is 5.56. The predicted molar refractivity (Wildman–Crippen MR) is 96.4 cm³/mol. The van der Waals surface area contributed by atoms with Crippen LogP contribution in [0, 0.1) is 0 Å². The molecular formula is C16H20N2O6S2. The molecule has 2 rings (SSSR count). The Hall–Kier alpha value is -2.17. The number of esters is 1. The Morgan fingerprint density at radius 2 is 2.08 bits per heavy atom. The normalized spacial score (nSPS) is 12.5. The van der Waals surface area contributed by atoms with Gasteiger partial charge in [-0.15, -0.1) is 11.3 Å². The van der Waals surface area contributed by atoms with Crippen LogP contribution in [0.4, 0.5) is 0 Å². The largest absolute Gasteiger partial charge is 0.467 e. The van der Waals surface area contributed by atoms with Crippen molar-refractivity contribution in [3.8, 4) is 0 Å². The highest BCUT2D eigenvalue weighted by Gasteiger charge is 2.16. The Kier molecular flexibility index (Phi) is 6.95. The molecule has 1 amide bonds. The number of thiophene rings is 1. The third-order valence-electron chi connectivity index (χ3n) is 3.28. The number of nitrogens with one attached hydrogen (secondary N) is 2. The van der Waals surface area contributed by atoms with E-state index in [-0.39, 0.29) is 12.6 Å². The third-order valence-corrected chi connectivity index (χ3v) is 5.13. The highest BCUT2D eigenvalue weighted by atomic mass is 32.2. The Balaban J connectivity index is 1.76. The van der Waals surface area contributed by atoms with Gasteiger partial charge in [0.15, 0.2) is 6.61 Å². The van der Waals surface area contributed by atoms with Crippen LogP contribution in [0.5, 0.6) is 0 Å². The van der Waals surface area contributed by atoms with Gasteiger partial charge in [-0.2, -0.15) is 0 Å². The topological polar surface area (TPSA) is 115 Å². The maximum absolute atomic E-state index is 12.0. The van der Waals surface area contributed by atoms with Crippen molar-refractivity contribution < 1.29 is 27.2 Å². The minimum absolute atomic E-state index is 0.251. The molecule has 10 heteroatoms. The molecule has 2 N–H and O–H groups in total. The molecule has 0 aliphatic rings. The van der Waals surface area contributed by atoms with E-state index in [0.29, 0.717) is 17.1 Å². The van der Waals surface area contributed by atoms with E-state index >= 15 is 0 Å². The number of sulfonamides is 1. The molecule has 0 saturated heterocycles. The van der Waals surface area contributed by atoms with E-state index in [4.69, 9.17) is 9.15 Å². The van der Waals surface area contributed by atoms with Crippen LogP contribution in [0.15, 0.2) is 34.9 Å². The standard InChI is InChI=1S/C16H20N2O6S2/c1-11(13-4-3-9-23-13)18-15(19)10-24-16(20)14-6-5-12(25-14)7-8-17-26(2,21)22/h3-6,9,11,17H,7-8,10H2,1-2H3,(H,18,19)/t11-/m1/s1. The fraction of sp³-hybridized carbons (Fsp3) is 0.375. The van der Waals surface area contributed by atoms with E-state index in [0.717, 1.165) is 11.1 Å². The lowest BCUT2D eigenvalue weighted by molar-refractivity contribution is -0.125. The zero-order valence-corrected chi connectivity index (χ0v) is 16.0. The van der Waals surface area contributed by atoms with Crippen LogP contribution in [0.3, 0.4) is 0 Å². The van der Waals surface area contributed by atoms with Gasteiger partial charge >= 0.3 is 5.97 Å². The van der Waals surface area contributed by atoms with Gasteiger partial charge < -0.3 is 14.5 Å². The van der Waals surface area contributed by atoms with Crippen molar-refractivity contribution in [3.05, 3.63) is 46.0 Å². The Morgan fingerprint density at radius 1 is 1.31 bits per heavy atom. The first-order valence-electron chi connectivity index (χ1n) is 7.78. The Labute approximate surface area is 155 Å². The summed E-state index contributed by atoms with van der Waals surface area (Å²) >= 11 is 1.20. The highest BCUT2D eigenvalue weighted by molar-refractivity contribution is 7.88. The summed E-state index contributed by atoms with van der Waals surface area (Å²) in [6, 6.07) is 6.45. The first kappa shape index (κ1) is 20.1. The van der Waals surface area contributed by atoms with E-state index in [2.05, 4.69) is 10.0 Å². The van der Waals surface area contributed by atoms with E-state index in [1.165, 1.54) is 17.6 Å². The average Bonchev–Trinajstić information content (AvgIpc) is 3.23. The van der Waals surface area contributed by atoms with E-state index in [1.807, 2.05) is 0 Å². The number of carbonyl (C=O) groups is 2. The molecule has 2 heterocycles. The second kappa shape index (κ2) is 8.97. The van der Waals surface area contributed by atoms with Crippen LogP contribution in [0.25, 0.3) is 0 Å². The van der Waals surface area contributed by atoms with Crippen LogP contribution >= 0.6 is 11.3 Å². The van der Waals surface area contributed by atoms with Gasteiger partial charge in [0.05, 0.1) is 18.6 Å². The van der Waals surface area contributed by atoms with Gasteiger partial charge in [0.2, 0.25) is 10.0 Å². The molecule has 2 aromatic rings. The van der Waals surface area contributed by atoms with Crippen LogP contribution in [0.2, 0.25) is 0 Å². The van der Waals surface area contributed by atoms with Crippen molar-refractivity contribution in [1.82, 2.24) is 10.0 Å². The summed E-state index contributed by atoms with van der Waals surface area (Å²) in [6.45, 7) is 1.61. The summed E-state index contributed by atoms with van der Waals surface area (Å²) in [5.41, 5.74) is 0. The molecule has 0 saturated carbocycles. The van der Waals surface area contributed by atoms with Gasteiger partial charge in [-0.25, -0.2) is 17.9 Å². The maximum atomic E-state index is 12.0. The van der Waals surface area contributed by atoms with Crippen molar-refractivity contribution in [1.29, 1.82) is 0 Å². The van der Waals surface area contributed by atoms with Gasteiger partial charge in [-0.1, -0.05) is 0 Å². The monoisotopic (exact) mass is 400 g/mol. The maximum Gasteiger partial charge on any atom is 0.348 e. The molecular weight excluding hydrogens is 380 g/mol. The summed E-state index contributed by atoms with van der Waals surface area (Å²) in [4.78, 5) is 25.0. The van der Waals surface area contributed by atoms with Gasteiger partial charge in [-0.3, -0.25) is 4.79 Å². The lowest BCUT2D eigenvalue weighted by atomic mass is 10.2. The van der Waals surface area contributed by atoms with Gasteiger partial charge in [0, 0.05) is 11.4 Å². The predicted octanol–water partition coefficient (Wildman–Crippen LogP) is 1.47. The third kappa shape index (κ3) is 6.62. The van der Waals surface area contributed by atoms with Crippen molar-refractivity contribution in [2.24, 2.45) is 0 Å². The molecule has 0 fully saturated rings. The SMILES string of the molecule is C[C@@H](NC(=O)COC(=O)c1ccc(CCNS(C)(=O)=O)s1)c1ccco1. The molecule has 142 valence electrons. The number of amides is 1. The van der Waals surface area contributed by atoms with Crippen molar-refractivity contribution in [3.63, 3.8) is 0 Å². The zero-order valence-electron chi connectivity index (χ0n) is 14.4. The van der Waals surface area contributed by atoms with Crippen molar-refractivity contribution >= 4 is 33.2 Å². The van der Waals surface area contributed by atoms with Gasteiger partial charge in [0.1, 0.15) is 10.6 Å². The summed E-state index contributed by atoms with van der Waals surface area (Å²) in [5.74, 6) is -0.426. The fourth-order valence-corrected chi connectivity index (χ4v) is 3.45. The summed E-state index contributed by atoms with van der Waals surface area (Å²) in [7, 11) is -3.24. The van der Waals surface area contributed by atoms with Crippen LogP contribution < -0.4 is 10.0 Å². The number of hydrogen-bond acceptors (Lipinski definition) is 7. The van der Waals surface area contributed by atoms with E-state index in [9.17, 15) is 18.0 Å².